The van der Waals surface area contributed by atoms with E-state index >= 15 is 0 Å². The molecule has 1 aromatic heterocycles. The van der Waals surface area contributed by atoms with Crippen molar-refractivity contribution in [2.45, 2.75) is 6.92 Å². The van der Waals surface area contributed by atoms with E-state index in [0.29, 0.717) is 29.3 Å². The van der Waals surface area contributed by atoms with Gasteiger partial charge in [0.2, 0.25) is 0 Å². The van der Waals surface area contributed by atoms with Gasteiger partial charge in [0.1, 0.15) is 11.4 Å². The number of carbonyl (C=O) groups is 2. The Hall–Kier alpha value is -4.18. The van der Waals surface area contributed by atoms with Gasteiger partial charge in [-0.3, -0.25) is 14.6 Å². The van der Waals surface area contributed by atoms with Crippen molar-refractivity contribution >= 4 is 23.2 Å². The molecule has 0 saturated carbocycles. The van der Waals surface area contributed by atoms with E-state index in [4.69, 9.17) is 10.00 Å². The van der Waals surface area contributed by atoms with Gasteiger partial charge in [-0.15, -0.1) is 0 Å². The normalized spacial score (nSPS) is 9.93. The smallest absolute Gasteiger partial charge is 0.274 e. The van der Waals surface area contributed by atoms with Crippen LogP contribution < -0.4 is 15.4 Å². The average molecular weight is 386 g/mol. The first kappa shape index (κ1) is 19.6. The molecule has 2 amide bonds. The molecule has 2 aromatic carbocycles. The number of aromatic nitrogens is 1. The number of amides is 2. The Morgan fingerprint density at radius 2 is 1.79 bits per heavy atom. The lowest BCUT2D eigenvalue weighted by Crippen LogP contribution is -2.17. The molecule has 0 aliphatic rings. The fourth-order valence-electron chi connectivity index (χ4n) is 2.56. The largest absolute Gasteiger partial charge is 0.492 e. The van der Waals surface area contributed by atoms with Crippen LogP contribution in [0.2, 0.25) is 0 Å². The van der Waals surface area contributed by atoms with Crippen LogP contribution in [-0.4, -0.2) is 23.4 Å². The second-order valence-corrected chi connectivity index (χ2v) is 5.96. The Morgan fingerprint density at radius 3 is 2.52 bits per heavy atom. The van der Waals surface area contributed by atoms with E-state index in [1.807, 2.05) is 19.1 Å². The zero-order chi connectivity index (χ0) is 20.6. The van der Waals surface area contributed by atoms with Crippen LogP contribution >= 0.6 is 0 Å². The standard InChI is InChI=1S/C22H18N4O3/c1-2-29-20-6-4-3-5-18(20)26-22(28)19-13-16(11-12-24-19)21(27)25-17-9-7-15(14-23)8-10-17/h3-13H,2H2,1H3,(H,25,27)(H,26,28). The number of hydrogen-bond donors (Lipinski definition) is 2. The molecule has 0 aliphatic heterocycles. The number of rotatable bonds is 6. The van der Waals surface area contributed by atoms with E-state index in [-0.39, 0.29) is 17.2 Å². The van der Waals surface area contributed by atoms with Gasteiger partial charge in [0, 0.05) is 17.4 Å². The monoisotopic (exact) mass is 386 g/mol. The predicted octanol–water partition coefficient (Wildman–Crippen LogP) is 3.86. The SMILES string of the molecule is CCOc1ccccc1NC(=O)c1cc(C(=O)Nc2ccc(C#N)cc2)ccn1. The number of ether oxygens (including phenoxy) is 1. The van der Waals surface area contributed by atoms with Crippen LogP contribution in [0, 0.1) is 11.3 Å². The summed E-state index contributed by atoms with van der Waals surface area (Å²) in [5.41, 5.74) is 1.95. The molecule has 7 nitrogen and oxygen atoms in total. The van der Waals surface area contributed by atoms with E-state index in [1.165, 1.54) is 18.3 Å². The first-order valence-electron chi connectivity index (χ1n) is 8.91. The summed E-state index contributed by atoms with van der Waals surface area (Å²) >= 11 is 0. The molecule has 0 radical (unpaired) electrons. The Balaban J connectivity index is 1.74. The van der Waals surface area contributed by atoms with Gasteiger partial charge in [-0.1, -0.05) is 12.1 Å². The van der Waals surface area contributed by atoms with Crippen LogP contribution in [0.15, 0.2) is 66.9 Å². The van der Waals surface area contributed by atoms with E-state index in [2.05, 4.69) is 15.6 Å². The highest BCUT2D eigenvalue weighted by Gasteiger charge is 2.14. The van der Waals surface area contributed by atoms with Crippen LogP contribution in [0.25, 0.3) is 0 Å². The van der Waals surface area contributed by atoms with Gasteiger partial charge in [0.25, 0.3) is 11.8 Å². The fourth-order valence-corrected chi connectivity index (χ4v) is 2.56. The summed E-state index contributed by atoms with van der Waals surface area (Å²) in [5.74, 6) is -0.288. The number of nitriles is 1. The molecule has 7 heteroatoms. The molecule has 29 heavy (non-hydrogen) atoms. The molecule has 0 atom stereocenters. The zero-order valence-corrected chi connectivity index (χ0v) is 15.7. The Kier molecular flexibility index (Phi) is 6.18. The fraction of sp³-hybridized carbons (Fsp3) is 0.0909. The molecule has 0 fully saturated rings. The van der Waals surface area contributed by atoms with Crippen LogP contribution in [-0.2, 0) is 0 Å². The topological polar surface area (TPSA) is 104 Å². The Bertz CT molecular complexity index is 1070. The lowest BCUT2D eigenvalue weighted by atomic mass is 10.2. The number of para-hydroxylation sites is 2. The van der Waals surface area contributed by atoms with Gasteiger partial charge < -0.3 is 15.4 Å². The van der Waals surface area contributed by atoms with Crippen LogP contribution in [0.5, 0.6) is 5.75 Å². The Labute approximate surface area is 168 Å². The molecular weight excluding hydrogens is 368 g/mol. The molecule has 0 unspecified atom stereocenters. The molecule has 1 heterocycles. The van der Waals surface area contributed by atoms with Crippen molar-refractivity contribution in [2.24, 2.45) is 0 Å². The molecule has 0 bridgehead atoms. The first-order valence-corrected chi connectivity index (χ1v) is 8.91. The average Bonchev–Trinajstić information content (AvgIpc) is 2.76. The van der Waals surface area contributed by atoms with E-state index in [1.54, 1.807) is 42.5 Å². The first-order chi connectivity index (χ1) is 14.1. The molecule has 2 N–H and O–H groups in total. The van der Waals surface area contributed by atoms with Gasteiger partial charge in [0.05, 0.1) is 23.9 Å². The minimum Gasteiger partial charge on any atom is -0.492 e. The van der Waals surface area contributed by atoms with Crippen molar-refractivity contribution in [1.82, 2.24) is 4.98 Å². The summed E-state index contributed by atoms with van der Waals surface area (Å²) in [6.07, 6.45) is 1.40. The third-order valence-electron chi connectivity index (χ3n) is 3.96. The van der Waals surface area contributed by atoms with E-state index in [9.17, 15) is 9.59 Å². The summed E-state index contributed by atoms with van der Waals surface area (Å²) in [5, 5.41) is 14.3. The number of carbonyl (C=O) groups excluding carboxylic acids is 2. The lowest BCUT2D eigenvalue weighted by Gasteiger charge is -2.11. The summed E-state index contributed by atoms with van der Waals surface area (Å²) in [7, 11) is 0. The van der Waals surface area contributed by atoms with Crippen molar-refractivity contribution in [3.63, 3.8) is 0 Å². The van der Waals surface area contributed by atoms with Crippen molar-refractivity contribution in [3.8, 4) is 11.8 Å². The minimum atomic E-state index is -0.454. The van der Waals surface area contributed by atoms with Gasteiger partial charge in [0.15, 0.2) is 0 Å². The maximum absolute atomic E-state index is 12.6. The van der Waals surface area contributed by atoms with Crippen LogP contribution in [0.4, 0.5) is 11.4 Å². The second-order valence-electron chi connectivity index (χ2n) is 5.96. The van der Waals surface area contributed by atoms with Crippen molar-refractivity contribution in [1.29, 1.82) is 5.26 Å². The molecule has 0 aliphatic carbocycles. The highest BCUT2D eigenvalue weighted by molar-refractivity contribution is 6.08. The third-order valence-corrected chi connectivity index (χ3v) is 3.96. The number of hydrogen-bond acceptors (Lipinski definition) is 5. The van der Waals surface area contributed by atoms with Crippen molar-refractivity contribution in [3.05, 3.63) is 83.7 Å². The number of anilines is 2. The van der Waals surface area contributed by atoms with Crippen LogP contribution in [0.1, 0.15) is 33.3 Å². The molecule has 3 aromatic rings. The van der Waals surface area contributed by atoms with E-state index < -0.39 is 5.91 Å². The number of nitrogens with one attached hydrogen (secondary N) is 2. The summed E-state index contributed by atoms with van der Waals surface area (Å²) in [6.45, 7) is 2.33. The highest BCUT2D eigenvalue weighted by atomic mass is 16.5. The summed E-state index contributed by atoms with van der Waals surface area (Å²) in [6, 6.07) is 18.5. The molecule has 3 rings (SSSR count). The zero-order valence-electron chi connectivity index (χ0n) is 15.7. The number of nitrogens with zero attached hydrogens (tertiary/aromatic N) is 2. The highest BCUT2D eigenvalue weighted by Crippen LogP contribution is 2.24. The number of pyridine rings is 1. The van der Waals surface area contributed by atoms with E-state index in [0.717, 1.165) is 0 Å². The van der Waals surface area contributed by atoms with Crippen molar-refractivity contribution in [2.75, 3.05) is 17.2 Å². The molecular formula is C22H18N4O3. The van der Waals surface area contributed by atoms with Gasteiger partial charge >= 0.3 is 0 Å². The Morgan fingerprint density at radius 1 is 1.03 bits per heavy atom. The van der Waals surface area contributed by atoms with Gasteiger partial charge in [-0.2, -0.15) is 5.26 Å². The second kappa shape index (κ2) is 9.15. The van der Waals surface area contributed by atoms with Gasteiger partial charge in [-0.25, -0.2) is 0 Å². The third kappa shape index (κ3) is 4.96. The van der Waals surface area contributed by atoms with Gasteiger partial charge in [-0.05, 0) is 55.5 Å². The summed E-state index contributed by atoms with van der Waals surface area (Å²) < 4.78 is 5.50. The summed E-state index contributed by atoms with van der Waals surface area (Å²) in [4.78, 5) is 29.1. The minimum absolute atomic E-state index is 0.101. The maximum atomic E-state index is 12.6. The van der Waals surface area contributed by atoms with Crippen molar-refractivity contribution < 1.29 is 14.3 Å². The predicted molar refractivity (Wildman–Crippen MR) is 109 cm³/mol. The molecule has 0 spiro atoms. The quantitative estimate of drug-likeness (QED) is 0.669. The number of benzene rings is 2. The molecule has 0 saturated heterocycles. The molecule has 144 valence electrons. The lowest BCUT2D eigenvalue weighted by molar-refractivity contribution is 0.102. The van der Waals surface area contributed by atoms with Crippen LogP contribution in [0.3, 0.4) is 0 Å². The maximum Gasteiger partial charge on any atom is 0.274 e.